The lowest BCUT2D eigenvalue weighted by atomic mass is 10.0. The molecule has 118 valence electrons. The van der Waals surface area contributed by atoms with Crippen LogP contribution in [0, 0.1) is 13.8 Å². The van der Waals surface area contributed by atoms with Gasteiger partial charge in [-0.3, -0.25) is 9.98 Å². The topological polar surface area (TPSA) is 71.8 Å². The van der Waals surface area contributed by atoms with Crippen molar-refractivity contribution in [1.29, 1.82) is 0 Å². The molecule has 2 rings (SSSR count). The van der Waals surface area contributed by atoms with Gasteiger partial charge in [-0.2, -0.15) is 0 Å². The monoisotopic (exact) mass is 310 g/mol. The predicted octanol–water partition coefficient (Wildman–Crippen LogP) is 3.54. The number of carbonyl (C=O) groups excluding carboxylic acids is 1. The number of carbonyl (C=O) groups is 1. The summed E-state index contributed by atoms with van der Waals surface area (Å²) in [6, 6.07) is 8.83. The quantitative estimate of drug-likeness (QED) is 0.406. The van der Waals surface area contributed by atoms with E-state index in [1.165, 1.54) is 13.3 Å². The van der Waals surface area contributed by atoms with Crippen molar-refractivity contribution in [3.8, 4) is 0 Å². The molecule has 23 heavy (non-hydrogen) atoms. The minimum atomic E-state index is -0.654. The van der Waals surface area contributed by atoms with Crippen molar-refractivity contribution in [3.05, 3.63) is 65.0 Å². The van der Waals surface area contributed by atoms with Crippen molar-refractivity contribution in [2.75, 3.05) is 7.11 Å². The Balaban J connectivity index is 2.45. The zero-order valence-corrected chi connectivity index (χ0v) is 13.3. The van der Waals surface area contributed by atoms with Crippen molar-refractivity contribution >= 4 is 23.6 Å². The van der Waals surface area contributed by atoms with E-state index in [2.05, 4.69) is 9.98 Å². The molecule has 1 heterocycles. The molecule has 0 amide bonds. The van der Waals surface area contributed by atoms with Crippen LogP contribution in [0.4, 0.5) is 5.69 Å². The molecule has 0 radical (unpaired) electrons. The Hall–Kier alpha value is -2.95. The van der Waals surface area contributed by atoms with Crippen LogP contribution < -0.4 is 0 Å². The van der Waals surface area contributed by atoms with E-state index in [1.54, 1.807) is 30.6 Å². The normalized spacial score (nSPS) is 12.1. The van der Waals surface area contributed by atoms with E-state index < -0.39 is 5.97 Å². The highest BCUT2D eigenvalue weighted by Crippen LogP contribution is 2.20. The second kappa shape index (κ2) is 7.35. The van der Waals surface area contributed by atoms with Crippen molar-refractivity contribution < 1.29 is 14.6 Å². The summed E-state index contributed by atoms with van der Waals surface area (Å²) in [6.45, 7) is 3.92. The molecule has 1 aromatic heterocycles. The van der Waals surface area contributed by atoms with E-state index in [9.17, 15) is 9.90 Å². The van der Waals surface area contributed by atoms with Gasteiger partial charge in [0.05, 0.1) is 12.8 Å². The fourth-order valence-corrected chi connectivity index (χ4v) is 1.93. The van der Waals surface area contributed by atoms with Crippen molar-refractivity contribution in [2.24, 2.45) is 4.99 Å². The molecule has 5 heteroatoms. The number of rotatable bonds is 4. The number of methoxy groups -OCH3 is 1. The second-order valence-corrected chi connectivity index (χ2v) is 5.02. The van der Waals surface area contributed by atoms with Gasteiger partial charge >= 0.3 is 5.97 Å². The fourth-order valence-electron chi connectivity index (χ4n) is 1.93. The van der Waals surface area contributed by atoms with E-state index in [0.29, 0.717) is 11.3 Å². The lowest BCUT2D eigenvalue weighted by molar-refractivity contribution is -0.135. The minimum absolute atomic E-state index is 0.00688. The molecule has 0 atom stereocenters. The van der Waals surface area contributed by atoms with Crippen LogP contribution in [0.1, 0.15) is 16.7 Å². The van der Waals surface area contributed by atoms with Gasteiger partial charge in [0.2, 0.25) is 0 Å². The first kappa shape index (κ1) is 16.4. The van der Waals surface area contributed by atoms with Crippen LogP contribution in [-0.4, -0.2) is 29.4 Å². The first-order valence-electron chi connectivity index (χ1n) is 7.06. The smallest absolute Gasteiger partial charge is 0.343 e. The number of benzene rings is 1. The maximum absolute atomic E-state index is 12.0. The summed E-state index contributed by atoms with van der Waals surface area (Å²) in [7, 11) is 1.26. The third-order valence-corrected chi connectivity index (χ3v) is 3.45. The Morgan fingerprint density at radius 3 is 2.48 bits per heavy atom. The number of aliphatic hydroxyl groups excluding tert-OH is 1. The predicted molar refractivity (Wildman–Crippen MR) is 89.9 cm³/mol. The molecule has 0 unspecified atom stereocenters. The molecule has 2 aromatic rings. The molecule has 0 saturated carbocycles. The number of aromatic nitrogens is 1. The van der Waals surface area contributed by atoms with Crippen LogP contribution in [0.2, 0.25) is 0 Å². The number of aliphatic hydroxyl groups is 1. The van der Waals surface area contributed by atoms with E-state index in [0.717, 1.165) is 11.1 Å². The molecule has 0 spiro atoms. The molecule has 0 aliphatic heterocycles. The largest absolute Gasteiger partial charge is 0.506 e. The van der Waals surface area contributed by atoms with Crippen LogP contribution in [0.25, 0.3) is 5.76 Å². The van der Waals surface area contributed by atoms with Gasteiger partial charge in [0, 0.05) is 24.2 Å². The molecule has 1 aromatic carbocycles. The minimum Gasteiger partial charge on any atom is -0.506 e. The molecular formula is C18H18N2O3. The van der Waals surface area contributed by atoms with Gasteiger partial charge < -0.3 is 9.84 Å². The molecular weight excluding hydrogens is 292 g/mol. The number of hydrogen-bond acceptors (Lipinski definition) is 5. The van der Waals surface area contributed by atoms with Gasteiger partial charge in [0.1, 0.15) is 11.3 Å². The number of ether oxygens (including phenoxy) is 1. The van der Waals surface area contributed by atoms with E-state index in [-0.39, 0.29) is 11.3 Å². The average molecular weight is 310 g/mol. The van der Waals surface area contributed by atoms with Crippen molar-refractivity contribution in [3.63, 3.8) is 0 Å². The van der Waals surface area contributed by atoms with E-state index in [1.807, 2.05) is 26.0 Å². The molecule has 0 bridgehead atoms. The van der Waals surface area contributed by atoms with Gasteiger partial charge in [-0.15, -0.1) is 0 Å². The molecule has 0 aliphatic carbocycles. The summed E-state index contributed by atoms with van der Waals surface area (Å²) in [5.41, 5.74) is 3.27. The molecule has 0 fully saturated rings. The second-order valence-electron chi connectivity index (χ2n) is 5.02. The standard InChI is InChI=1S/C18H18N2O3/c1-12-4-5-14(10-13(12)2)17(21)16(18(22)23-3)11-20-15-6-8-19-9-7-15/h4-11,21H,1-3H3/b17-16-,20-11?. The average Bonchev–Trinajstić information content (AvgIpc) is 2.58. The number of esters is 1. The fraction of sp³-hybridized carbons (Fsp3) is 0.167. The van der Waals surface area contributed by atoms with Crippen LogP contribution in [0.5, 0.6) is 0 Å². The van der Waals surface area contributed by atoms with E-state index in [4.69, 9.17) is 4.74 Å². The summed E-state index contributed by atoms with van der Waals surface area (Å²) in [4.78, 5) is 20.0. The summed E-state index contributed by atoms with van der Waals surface area (Å²) in [6.07, 6.45) is 4.49. The summed E-state index contributed by atoms with van der Waals surface area (Å²) < 4.78 is 4.74. The lowest BCUT2D eigenvalue weighted by Gasteiger charge is -2.08. The van der Waals surface area contributed by atoms with Gasteiger partial charge in [0.15, 0.2) is 0 Å². The molecule has 0 aliphatic rings. The first-order chi connectivity index (χ1) is 11.0. The van der Waals surface area contributed by atoms with E-state index >= 15 is 0 Å². The third kappa shape index (κ3) is 4.03. The number of hydrogen-bond donors (Lipinski definition) is 1. The summed E-state index contributed by atoms with van der Waals surface area (Å²) in [5, 5.41) is 10.5. The Labute approximate surface area is 135 Å². The zero-order valence-electron chi connectivity index (χ0n) is 13.3. The maximum atomic E-state index is 12.0. The molecule has 5 nitrogen and oxygen atoms in total. The Kier molecular flexibility index (Phi) is 5.25. The summed E-state index contributed by atoms with van der Waals surface area (Å²) >= 11 is 0. The highest BCUT2D eigenvalue weighted by molar-refractivity contribution is 6.15. The maximum Gasteiger partial charge on any atom is 0.343 e. The number of nitrogens with zero attached hydrogens (tertiary/aromatic N) is 2. The Morgan fingerprint density at radius 2 is 1.87 bits per heavy atom. The Bertz CT molecular complexity index is 765. The van der Waals surface area contributed by atoms with Crippen LogP contribution in [0.15, 0.2) is 53.3 Å². The van der Waals surface area contributed by atoms with Gasteiger partial charge in [-0.1, -0.05) is 12.1 Å². The highest BCUT2D eigenvalue weighted by atomic mass is 16.5. The van der Waals surface area contributed by atoms with Gasteiger partial charge in [-0.05, 0) is 43.2 Å². The molecule has 0 saturated heterocycles. The van der Waals surface area contributed by atoms with Crippen molar-refractivity contribution in [1.82, 2.24) is 4.98 Å². The van der Waals surface area contributed by atoms with Crippen LogP contribution in [-0.2, 0) is 9.53 Å². The number of aliphatic imine (C=N–C) groups is 1. The number of pyridine rings is 1. The van der Waals surface area contributed by atoms with Crippen molar-refractivity contribution in [2.45, 2.75) is 13.8 Å². The molecule has 1 N–H and O–H groups in total. The SMILES string of the molecule is COC(=O)/C(C=Nc1ccncc1)=C(\O)c1ccc(C)c(C)c1. The van der Waals surface area contributed by atoms with Gasteiger partial charge in [0.25, 0.3) is 0 Å². The lowest BCUT2D eigenvalue weighted by Crippen LogP contribution is -2.09. The zero-order chi connectivity index (χ0) is 16.8. The van der Waals surface area contributed by atoms with Crippen LogP contribution >= 0.6 is 0 Å². The van der Waals surface area contributed by atoms with Gasteiger partial charge in [-0.25, -0.2) is 4.79 Å². The third-order valence-electron chi connectivity index (χ3n) is 3.45. The van der Waals surface area contributed by atoms with Crippen LogP contribution in [0.3, 0.4) is 0 Å². The first-order valence-corrected chi connectivity index (χ1v) is 7.06. The Morgan fingerprint density at radius 1 is 1.17 bits per heavy atom. The number of aryl methyl sites for hydroxylation is 2. The summed E-state index contributed by atoms with van der Waals surface area (Å²) in [5.74, 6) is -0.823. The highest BCUT2D eigenvalue weighted by Gasteiger charge is 2.16.